The Morgan fingerprint density at radius 1 is 1.47 bits per heavy atom. The molecular weight excluding hydrogens is 249 g/mol. The number of aliphatic hydroxyl groups excluding tert-OH is 1. The number of hydrogen-bond acceptors (Lipinski definition) is 3. The summed E-state index contributed by atoms with van der Waals surface area (Å²) in [4.78, 5) is 13.5. The molecule has 0 fully saturated rings. The fraction of sp³-hybridized carbons (Fsp3) is 0.357. The van der Waals surface area contributed by atoms with Gasteiger partial charge in [0.1, 0.15) is 11.4 Å². The van der Waals surface area contributed by atoms with Gasteiger partial charge in [0.15, 0.2) is 5.76 Å². The molecule has 2 rings (SSSR count). The van der Waals surface area contributed by atoms with E-state index in [-0.39, 0.29) is 17.5 Å². The lowest BCUT2D eigenvalue weighted by molar-refractivity contribution is 0.0740. The molecule has 1 aromatic carbocycles. The summed E-state index contributed by atoms with van der Waals surface area (Å²) in [5, 5.41) is 9.76. The topological polar surface area (TPSA) is 53.7 Å². The minimum absolute atomic E-state index is 0.175. The Bertz CT molecular complexity index is 591. The maximum atomic E-state index is 13.1. The summed E-state index contributed by atoms with van der Waals surface area (Å²) in [7, 11) is 1.64. The fourth-order valence-corrected chi connectivity index (χ4v) is 1.79. The molecule has 2 aromatic rings. The SMILES string of the molecule is CC(O)CCN(C)C(=O)c1cc2cc(F)ccc2o1. The van der Waals surface area contributed by atoms with Crippen LogP contribution in [0.25, 0.3) is 11.0 Å². The molecule has 1 aromatic heterocycles. The van der Waals surface area contributed by atoms with Crippen molar-refractivity contribution in [2.24, 2.45) is 0 Å². The van der Waals surface area contributed by atoms with Crippen molar-refractivity contribution in [2.75, 3.05) is 13.6 Å². The molecule has 0 spiro atoms. The predicted molar refractivity (Wildman–Crippen MR) is 69.4 cm³/mol. The van der Waals surface area contributed by atoms with Crippen molar-refractivity contribution in [3.63, 3.8) is 0 Å². The maximum Gasteiger partial charge on any atom is 0.289 e. The van der Waals surface area contributed by atoms with Crippen LogP contribution in [0.3, 0.4) is 0 Å². The second-order valence-corrected chi connectivity index (χ2v) is 4.66. The van der Waals surface area contributed by atoms with Gasteiger partial charge in [-0.25, -0.2) is 4.39 Å². The molecule has 1 amide bonds. The number of benzene rings is 1. The van der Waals surface area contributed by atoms with E-state index < -0.39 is 6.10 Å². The van der Waals surface area contributed by atoms with Crippen LogP contribution in [0.5, 0.6) is 0 Å². The summed E-state index contributed by atoms with van der Waals surface area (Å²) in [5.41, 5.74) is 0.480. The molecule has 0 saturated carbocycles. The monoisotopic (exact) mass is 265 g/mol. The third-order valence-corrected chi connectivity index (χ3v) is 2.92. The van der Waals surface area contributed by atoms with E-state index in [9.17, 15) is 14.3 Å². The third-order valence-electron chi connectivity index (χ3n) is 2.92. The molecule has 1 atom stereocenters. The van der Waals surface area contributed by atoms with Crippen LogP contribution in [-0.4, -0.2) is 35.6 Å². The van der Waals surface area contributed by atoms with Crippen LogP contribution in [-0.2, 0) is 0 Å². The van der Waals surface area contributed by atoms with Gasteiger partial charge in [-0.15, -0.1) is 0 Å². The molecule has 5 heteroatoms. The molecule has 1 heterocycles. The van der Waals surface area contributed by atoms with E-state index in [4.69, 9.17) is 4.42 Å². The zero-order valence-corrected chi connectivity index (χ0v) is 10.9. The zero-order valence-electron chi connectivity index (χ0n) is 10.9. The van der Waals surface area contributed by atoms with Crippen molar-refractivity contribution < 1.29 is 18.7 Å². The molecular formula is C14H16FNO3. The first-order valence-corrected chi connectivity index (χ1v) is 6.10. The minimum atomic E-state index is -0.458. The van der Waals surface area contributed by atoms with Crippen molar-refractivity contribution in [1.29, 1.82) is 0 Å². The minimum Gasteiger partial charge on any atom is -0.451 e. The average Bonchev–Trinajstić information content (AvgIpc) is 2.77. The first kappa shape index (κ1) is 13.5. The highest BCUT2D eigenvalue weighted by molar-refractivity contribution is 5.95. The Hall–Kier alpha value is -1.88. The van der Waals surface area contributed by atoms with Gasteiger partial charge in [0.2, 0.25) is 0 Å². The summed E-state index contributed by atoms with van der Waals surface area (Å²) in [6, 6.07) is 5.64. The van der Waals surface area contributed by atoms with Crippen LogP contribution < -0.4 is 0 Å². The van der Waals surface area contributed by atoms with Gasteiger partial charge >= 0.3 is 0 Å². The number of furan rings is 1. The van der Waals surface area contributed by atoms with Crippen LogP contribution in [0.4, 0.5) is 4.39 Å². The fourth-order valence-electron chi connectivity index (χ4n) is 1.79. The van der Waals surface area contributed by atoms with Gasteiger partial charge in [-0.1, -0.05) is 0 Å². The third kappa shape index (κ3) is 3.12. The zero-order chi connectivity index (χ0) is 14.0. The van der Waals surface area contributed by atoms with Gasteiger partial charge in [0.25, 0.3) is 5.91 Å². The predicted octanol–water partition coefficient (Wildman–Crippen LogP) is 2.41. The first-order chi connectivity index (χ1) is 8.97. The Morgan fingerprint density at radius 2 is 2.21 bits per heavy atom. The van der Waals surface area contributed by atoms with Gasteiger partial charge in [0, 0.05) is 19.0 Å². The number of rotatable bonds is 4. The number of hydrogen-bond donors (Lipinski definition) is 1. The summed E-state index contributed by atoms with van der Waals surface area (Å²) in [6.07, 6.45) is 0.0388. The highest BCUT2D eigenvalue weighted by Crippen LogP contribution is 2.21. The van der Waals surface area contributed by atoms with E-state index >= 15 is 0 Å². The quantitative estimate of drug-likeness (QED) is 0.923. The summed E-state index contributed by atoms with van der Waals surface area (Å²) >= 11 is 0. The van der Waals surface area contributed by atoms with Crippen molar-refractivity contribution >= 4 is 16.9 Å². The standard InChI is InChI=1S/C14H16FNO3/c1-9(17)5-6-16(2)14(18)13-8-10-7-11(15)3-4-12(10)19-13/h3-4,7-9,17H,5-6H2,1-2H3. The lowest BCUT2D eigenvalue weighted by atomic mass is 10.2. The molecule has 1 unspecified atom stereocenters. The smallest absolute Gasteiger partial charge is 0.289 e. The molecule has 0 radical (unpaired) electrons. The van der Waals surface area contributed by atoms with Gasteiger partial charge in [0.05, 0.1) is 6.10 Å². The lowest BCUT2D eigenvalue weighted by Gasteiger charge is -2.16. The van der Waals surface area contributed by atoms with Crippen molar-refractivity contribution in [1.82, 2.24) is 4.90 Å². The van der Waals surface area contributed by atoms with E-state index in [1.165, 1.54) is 29.2 Å². The number of carbonyl (C=O) groups excluding carboxylic acids is 1. The maximum absolute atomic E-state index is 13.1. The van der Waals surface area contributed by atoms with Crippen LogP contribution in [0.2, 0.25) is 0 Å². The van der Waals surface area contributed by atoms with Gasteiger partial charge in [-0.05, 0) is 37.6 Å². The molecule has 1 N–H and O–H groups in total. The summed E-state index contributed by atoms with van der Waals surface area (Å²) < 4.78 is 18.4. The second-order valence-electron chi connectivity index (χ2n) is 4.66. The number of carbonyl (C=O) groups is 1. The number of amides is 1. The van der Waals surface area contributed by atoms with Crippen molar-refractivity contribution in [2.45, 2.75) is 19.4 Å². The molecule has 0 saturated heterocycles. The Kier molecular flexibility index (Phi) is 3.85. The average molecular weight is 265 g/mol. The van der Waals surface area contributed by atoms with Gasteiger partial charge in [-0.3, -0.25) is 4.79 Å². The Labute approximate surface area is 110 Å². The molecule has 0 aliphatic heterocycles. The molecule has 19 heavy (non-hydrogen) atoms. The van der Waals surface area contributed by atoms with Crippen molar-refractivity contribution in [3.05, 3.63) is 35.8 Å². The molecule has 102 valence electrons. The largest absolute Gasteiger partial charge is 0.451 e. The molecule has 0 bridgehead atoms. The van der Waals surface area contributed by atoms with E-state index in [2.05, 4.69) is 0 Å². The highest BCUT2D eigenvalue weighted by Gasteiger charge is 2.17. The lowest BCUT2D eigenvalue weighted by Crippen LogP contribution is -2.29. The van der Waals surface area contributed by atoms with Gasteiger partial charge in [-0.2, -0.15) is 0 Å². The molecule has 0 aliphatic carbocycles. The van der Waals surface area contributed by atoms with Crippen LogP contribution in [0.1, 0.15) is 23.9 Å². The van der Waals surface area contributed by atoms with Gasteiger partial charge < -0.3 is 14.4 Å². The Morgan fingerprint density at radius 3 is 2.89 bits per heavy atom. The molecule has 0 aliphatic rings. The number of nitrogens with zero attached hydrogens (tertiary/aromatic N) is 1. The van der Waals surface area contributed by atoms with Crippen molar-refractivity contribution in [3.8, 4) is 0 Å². The number of halogens is 1. The normalized spacial score (nSPS) is 12.6. The highest BCUT2D eigenvalue weighted by atomic mass is 19.1. The Balaban J connectivity index is 2.16. The van der Waals surface area contributed by atoms with E-state index in [0.717, 1.165) is 0 Å². The van der Waals surface area contributed by atoms with Crippen LogP contribution in [0.15, 0.2) is 28.7 Å². The van der Waals surface area contributed by atoms with E-state index in [1.807, 2.05) is 0 Å². The first-order valence-electron chi connectivity index (χ1n) is 6.10. The molecule has 4 nitrogen and oxygen atoms in total. The second kappa shape index (κ2) is 5.40. The number of aliphatic hydroxyl groups is 1. The summed E-state index contributed by atoms with van der Waals surface area (Å²) in [5.74, 6) is -0.472. The van der Waals surface area contributed by atoms with Crippen LogP contribution >= 0.6 is 0 Å². The van der Waals surface area contributed by atoms with E-state index in [1.54, 1.807) is 14.0 Å². The van der Waals surface area contributed by atoms with E-state index in [0.29, 0.717) is 23.9 Å². The summed E-state index contributed by atoms with van der Waals surface area (Å²) in [6.45, 7) is 2.10. The number of fused-ring (bicyclic) bond motifs is 1. The van der Waals surface area contributed by atoms with Crippen LogP contribution in [0, 0.1) is 5.82 Å².